The minimum atomic E-state index is -1.47. The Labute approximate surface area is 315 Å². The summed E-state index contributed by atoms with van der Waals surface area (Å²) in [6.07, 6.45) is -0.329. The third-order valence-electron chi connectivity index (χ3n) is 11.8. The molecule has 0 fully saturated rings. The second-order valence-corrected chi connectivity index (χ2v) is 15.3. The molecular weight excluding hydrogens is 697 g/mol. The summed E-state index contributed by atoms with van der Waals surface area (Å²) in [5, 5.41) is 21.9. The van der Waals surface area contributed by atoms with Gasteiger partial charge in [-0.1, -0.05) is 86.6 Å². The molecule has 6 atom stereocenters. The number of hydrogen-bond donors (Lipinski definition) is 5. The fourth-order valence-electron chi connectivity index (χ4n) is 9.14. The van der Waals surface area contributed by atoms with E-state index in [1.165, 1.54) is 0 Å². The molecule has 2 amide bonds. The lowest BCUT2D eigenvalue weighted by Crippen LogP contribution is -2.50. The number of anilines is 1. The van der Waals surface area contributed by atoms with E-state index in [1.807, 2.05) is 44.3 Å². The number of aromatic amines is 1. The Morgan fingerprint density at radius 3 is 2.65 bits per heavy atom. The van der Waals surface area contributed by atoms with Crippen molar-refractivity contribution in [3.63, 3.8) is 0 Å². The van der Waals surface area contributed by atoms with Gasteiger partial charge in [-0.25, -0.2) is 9.98 Å². The van der Waals surface area contributed by atoms with Crippen molar-refractivity contribution in [2.45, 2.75) is 56.2 Å². The predicted octanol–water partition coefficient (Wildman–Crippen LogP) is 5.72. The number of aromatic nitrogens is 2. The smallest absolute Gasteiger partial charge is 0.254 e. The molecule has 1 spiro atoms. The van der Waals surface area contributed by atoms with Crippen LogP contribution in [0.2, 0.25) is 0 Å². The molecule has 12 nitrogen and oxygen atoms in total. The van der Waals surface area contributed by atoms with Gasteiger partial charge in [0.15, 0.2) is 23.8 Å². The minimum Gasteiger partial charge on any atom is -0.469 e. The number of carbonyl (C=O) groups is 2. The van der Waals surface area contributed by atoms with Gasteiger partial charge in [-0.05, 0) is 34.7 Å². The van der Waals surface area contributed by atoms with Crippen LogP contribution in [0, 0.1) is 5.92 Å². The van der Waals surface area contributed by atoms with Crippen LogP contribution in [0.5, 0.6) is 5.75 Å². The summed E-state index contributed by atoms with van der Waals surface area (Å²) in [5.74, 6) is 0.498. The molecule has 2 aromatic heterocycles. The van der Waals surface area contributed by atoms with Crippen LogP contribution in [-0.4, -0.2) is 51.6 Å². The number of rotatable bonds is 4. The minimum absolute atomic E-state index is 0.146. The lowest BCUT2D eigenvalue weighted by molar-refractivity contribution is -0.134. The van der Waals surface area contributed by atoms with Gasteiger partial charge in [0.25, 0.3) is 5.91 Å². The molecular formula is C43H36N6O6. The van der Waals surface area contributed by atoms with Crippen molar-refractivity contribution in [3.05, 3.63) is 136 Å². The SMILES string of the molecule is CC(C)[C@@H]1NC(=O)[C@@H](NC(=O)[C@@H](O)c2ccccc2)Cc2ccc3c(c2)C24c5cccc(c5NC2O3)-c2cccc3[nH]cc(c23)C2CN=C(O2)c2nc1oc24. The highest BCUT2D eigenvalue weighted by atomic mass is 16.5. The highest BCUT2D eigenvalue weighted by Crippen LogP contribution is 2.60. The van der Waals surface area contributed by atoms with Gasteiger partial charge in [0.2, 0.25) is 17.7 Å². The number of H-pyrrole nitrogens is 1. The monoisotopic (exact) mass is 732 g/mol. The maximum atomic E-state index is 14.3. The average molecular weight is 733 g/mol. The van der Waals surface area contributed by atoms with Crippen LogP contribution < -0.4 is 20.7 Å². The predicted molar refractivity (Wildman–Crippen MR) is 203 cm³/mol. The Kier molecular flexibility index (Phi) is 6.73. The summed E-state index contributed by atoms with van der Waals surface area (Å²) in [4.78, 5) is 41.4. The molecule has 7 heterocycles. The first-order chi connectivity index (χ1) is 26.8. The molecule has 5 aliphatic rings. The number of hydrogen-bond acceptors (Lipinski definition) is 9. The summed E-state index contributed by atoms with van der Waals surface area (Å²) >= 11 is 0. The van der Waals surface area contributed by atoms with Crippen LogP contribution in [0.4, 0.5) is 5.69 Å². The quantitative estimate of drug-likeness (QED) is 0.154. The number of amides is 2. The molecule has 12 heteroatoms. The molecule has 274 valence electrons. The zero-order valence-electron chi connectivity index (χ0n) is 29.9. The zero-order valence-corrected chi connectivity index (χ0v) is 29.9. The molecule has 10 bridgehead atoms. The van der Waals surface area contributed by atoms with E-state index in [1.54, 1.807) is 24.3 Å². The van der Waals surface area contributed by atoms with Gasteiger partial charge < -0.3 is 39.9 Å². The van der Waals surface area contributed by atoms with E-state index < -0.39 is 41.6 Å². The topological polar surface area (TPSA) is 163 Å². The van der Waals surface area contributed by atoms with Crippen molar-refractivity contribution in [1.29, 1.82) is 0 Å². The van der Waals surface area contributed by atoms with E-state index in [9.17, 15) is 14.7 Å². The first kappa shape index (κ1) is 32.1. The van der Waals surface area contributed by atoms with Crippen LogP contribution >= 0.6 is 0 Å². The maximum Gasteiger partial charge on any atom is 0.254 e. The fraction of sp³-hybridized carbons (Fsp3) is 0.256. The standard InChI is InChI=1S/C43H36N6O6/c1-20(2)33-41-48-35-37(55-41)43-26-12-6-11-24(23-10-7-13-28-32(23)25(18-44-28)31-19-45-40(35)53-31)34(26)49-42(43)54-30-15-14-21(16-27(30)43)17-29(38(51)47-33)46-39(52)36(50)22-8-4-3-5-9-22/h3-16,18,20,29,31,33,36,42,44,49-50H,17,19H2,1-2H3,(H,46,52)(H,47,51)/t29-,31?,33-,36-,42?,43?/m0/s1. The molecule has 0 aliphatic carbocycles. The summed E-state index contributed by atoms with van der Waals surface area (Å²) in [5.41, 5.74) is 7.33. The lowest BCUT2D eigenvalue weighted by atomic mass is 9.72. The molecule has 11 rings (SSSR count). The van der Waals surface area contributed by atoms with Gasteiger partial charge in [-0.15, -0.1) is 0 Å². The Morgan fingerprint density at radius 1 is 0.964 bits per heavy atom. The third kappa shape index (κ3) is 4.48. The summed E-state index contributed by atoms with van der Waals surface area (Å²) in [6.45, 7) is 4.33. The number of aliphatic imine (C=N–C) groups is 1. The molecule has 4 aromatic carbocycles. The molecule has 55 heavy (non-hydrogen) atoms. The molecule has 5 N–H and O–H groups in total. The largest absolute Gasteiger partial charge is 0.469 e. The number of para-hydroxylation sites is 1. The number of oxazole rings is 1. The normalized spacial score (nSPS) is 24.4. The zero-order chi connectivity index (χ0) is 37.2. The van der Waals surface area contributed by atoms with Crippen molar-refractivity contribution in [3.8, 4) is 16.9 Å². The fourth-order valence-corrected chi connectivity index (χ4v) is 9.14. The number of benzene rings is 4. The van der Waals surface area contributed by atoms with E-state index >= 15 is 0 Å². The van der Waals surface area contributed by atoms with Crippen LogP contribution in [-0.2, 0) is 26.2 Å². The number of aliphatic hydroxyl groups excluding tert-OH is 1. The first-order valence-corrected chi connectivity index (χ1v) is 18.7. The van der Waals surface area contributed by atoms with E-state index in [-0.39, 0.29) is 24.3 Å². The Morgan fingerprint density at radius 2 is 1.80 bits per heavy atom. The molecule has 5 aliphatic heterocycles. The van der Waals surface area contributed by atoms with E-state index in [4.69, 9.17) is 23.9 Å². The Hall–Kier alpha value is -6.40. The van der Waals surface area contributed by atoms with E-state index in [0.29, 0.717) is 35.2 Å². The van der Waals surface area contributed by atoms with Crippen molar-refractivity contribution >= 4 is 34.3 Å². The molecule has 0 radical (unpaired) electrons. The van der Waals surface area contributed by atoms with Crippen molar-refractivity contribution in [2.75, 3.05) is 11.9 Å². The van der Waals surface area contributed by atoms with Gasteiger partial charge in [-0.3, -0.25) is 9.59 Å². The molecule has 6 aromatic rings. The number of nitrogens with zero attached hydrogens (tertiary/aromatic N) is 2. The van der Waals surface area contributed by atoms with Crippen LogP contribution in [0.25, 0.3) is 22.0 Å². The summed E-state index contributed by atoms with van der Waals surface area (Å²) < 4.78 is 20.6. The van der Waals surface area contributed by atoms with Crippen molar-refractivity contribution in [2.24, 2.45) is 10.9 Å². The Balaban J connectivity index is 1.15. The maximum absolute atomic E-state index is 14.3. The average Bonchev–Trinajstić information content (AvgIpc) is 4.02. The molecule has 0 saturated carbocycles. The van der Waals surface area contributed by atoms with Gasteiger partial charge in [0, 0.05) is 51.5 Å². The van der Waals surface area contributed by atoms with Gasteiger partial charge in [-0.2, -0.15) is 0 Å². The molecule has 0 saturated heterocycles. The highest BCUT2D eigenvalue weighted by molar-refractivity contribution is 6.04. The highest BCUT2D eigenvalue weighted by Gasteiger charge is 2.62. The Bertz CT molecular complexity index is 2630. The van der Waals surface area contributed by atoms with Gasteiger partial charge in [0.1, 0.15) is 29.4 Å². The van der Waals surface area contributed by atoms with Gasteiger partial charge >= 0.3 is 0 Å². The van der Waals surface area contributed by atoms with Crippen LogP contribution in [0.1, 0.15) is 77.3 Å². The number of ether oxygens (including phenoxy) is 2. The second-order valence-electron chi connectivity index (χ2n) is 15.3. The van der Waals surface area contributed by atoms with E-state index in [0.717, 1.165) is 50.0 Å². The number of aliphatic hydroxyl groups is 1. The van der Waals surface area contributed by atoms with Crippen molar-refractivity contribution in [1.82, 2.24) is 20.6 Å². The van der Waals surface area contributed by atoms with Crippen molar-refractivity contribution < 1.29 is 28.6 Å². The summed E-state index contributed by atoms with van der Waals surface area (Å²) in [7, 11) is 0. The van der Waals surface area contributed by atoms with Crippen LogP contribution in [0.15, 0.2) is 101 Å². The third-order valence-corrected chi connectivity index (χ3v) is 11.8. The second kappa shape index (κ2) is 11.6. The molecule has 3 unspecified atom stereocenters. The van der Waals surface area contributed by atoms with Gasteiger partial charge in [0.05, 0.1) is 6.54 Å². The lowest BCUT2D eigenvalue weighted by Gasteiger charge is -2.29. The van der Waals surface area contributed by atoms with Crippen LogP contribution in [0.3, 0.4) is 0 Å². The summed E-state index contributed by atoms with van der Waals surface area (Å²) in [6, 6.07) is 25.3. The first-order valence-electron chi connectivity index (χ1n) is 18.7. The number of carbonyl (C=O) groups excluding carboxylic acids is 2. The number of fused-ring (bicyclic) bond motifs is 7. The van der Waals surface area contributed by atoms with E-state index in [2.05, 4.69) is 57.3 Å². The number of nitrogens with one attached hydrogen (secondary N) is 4.